The Labute approximate surface area is 110 Å². The number of aromatic nitrogens is 1. The van der Waals surface area contributed by atoms with Gasteiger partial charge in [0.25, 0.3) is 5.56 Å². The van der Waals surface area contributed by atoms with E-state index in [-0.39, 0.29) is 16.6 Å². The van der Waals surface area contributed by atoms with Crippen molar-refractivity contribution in [2.75, 3.05) is 6.61 Å². The van der Waals surface area contributed by atoms with Crippen LogP contribution in [0, 0.1) is 5.82 Å². The van der Waals surface area contributed by atoms with Crippen LogP contribution in [0.4, 0.5) is 4.39 Å². The molecule has 4 nitrogen and oxygen atoms in total. The second kappa shape index (κ2) is 4.89. The van der Waals surface area contributed by atoms with Gasteiger partial charge in [0.1, 0.15) is 11.4 Å². The van der Waals surface area contributed by atoms with E-state index < -0.39 is 17.3 Å². The number of rotatable bonds is 2. The lowest BCUT2D eigenvalue weighted by Crippen LogP contribution is -2.19. The molecule has 0 spiro atoms. The van der Waals surface area contributed by atoms with Gasteiger partial charge in [0, 0.05) is 5.39 Å². The lowest BCUT2D eigenvalue weighted by atomic mass is 10.1. The van der Waals surface area contributed by atoms with Gasteiger partial charge in [-0.2, -0.15) is 0 Å². The molecule has 0 aliphatic carbocycles. The number of esters is 1. The van der Waals surface area contributed by atoms with Crippen LogP contribution in [0.5, 0.6) is 0 Å². The maximum absolute atomic E-state index is 13.3. The van der Waals surface area contributed by atoms with Gasteiger partial charge in [0.15, 0.2) is 0 Å². The fourth-order valence-corrected chi connectivity index (χ4v) is 1.92. The van der Waals surface area contributed by atoms with E-state index in [9.17, 15) is 14.0 Å². The number of halogens is 2. The van der Waals surface area contributed by atoms with Gasteiger partial charge in [-0.15, -0.1) is 0 Å². The minimum atomic E-state index is -0.693. The summed E-state index contributed by atoms with van der Waals surface area (Å²) in [5, 5.41) is 0.547. The molecule has 94 valence electrons. The van der Waals surface area contributed by atoms with Crippen molar-refractivity contribution < 1.29 is 13.9 Å². The van der Waals surface area contributed by atoms with Crippen LogP contribution in [-0.4, -0.2) is 17.6 Å². The molecule has 0 bridgehead atoms. The Balaban J connectivity index is 2.65. The lowest BCUT2D eigenvalue weighted by Gasteiger charge is -2.04. The molecule has 0 saturated carbocycles. The van der Waals surface area contributed by atoms with E-state index in [2.05, 4.69) is 20.9 Å². The van der Waals surface area contributed by atoms with Crippen LogP contribution in [-0.2, 0) is 4.74 Å². The quantitative estimate of drug-likeness (QED) is 0.867. The molecule has 0 radical (unpaired) electrons. The highest BCUT2D eigenvalue weighted by molar-refractivity contribution is 9.10. The first-order valence-electron chi connectivity index (χ1n) is 5.22. The van der Waals surface area contributed by atoms with Gasteiger partial charge >= 0.3 is 5.97 Å². The van der Waals surface area contributed by atoms with Crippen molar-refractivity contribution in [1.82, 2.24) is 4.98 Å². The zero-order valence-electron chi connectivity index (χ0n) is 9.42. The van der Waals surface area contributed by atoms with Crippen molar-refractivity contribution >= 4 is 32.8 Å². The minimum absolute atomic E-state index is 0.0946. The Hall–Kier alpha value is -1.69. The summed E-state index contributed by atoms with van der Waals surface area (Å²) >= 11 is 3.04. The van der Waals surface area contributed by atoms with Gasteiger partial charge in [0.05, 0.1) is 16.6 Å². The summed E-state index contributed by atoms with van der Waals surface area (Å²) < 4.78 is 18.3. The minimum Gasteiger partial charge on any atom is -0.462 e. The van der Waals surface area contributed by atoms with Crippen molar-refractivity contribution in [3.63, 3.8) is 0 Å². The van der Waals surface area contributed by atoms with Crippen LogP contribution in [0.3, 0.4) is 0 Å². The van der Waals surface area contributed by atoms with E-state index in [1.165, 1.54) is 18.2 Å². The molecule has 2 aromatic rings. The summed E-state index contributed by atoms with van der Waals surface area (Å²) in [5.41, 5.74) is -0.362. The summed E-state index contributed by atoms with van der Waals surface area (Å²) in [6.07, 6.45) is 0. The molecule has 6 heteroatoms. The average molecular weight is 314 g/mol. The van der Waals surface area contributed by atoms with Gasteiger partial charge in [-0.05, 0) is 41.1 Å². The normalized spacial score (nSPS) is 10.6. The molecule has 1 aromatic heterocycles. The summed E-state index contributed by atoms with van der Waals surface area (Å²) in [5.74, 6) is -1.18. The van der Waals surface area contributed by atoms with E-state index in [0.29, 0.717) is 10.9 Å². The molecule has 0 atom stereocenters. The number of fused-ring (bicyclic) bond motifs is 1. The fraction of sp³-hybridized carbons (Fsp3) is 0.167. The van der Waals surface area contributed by atoms with Crippen LogP contribution >= 0.6 is 15.9 Å². The summed E-state index contributed by atoms with van der Waals surface area (Å²) in [4.78, 5) is 25.6. The maximum atomic E-state index is 13.3. The molecule has 0 unspecified atom stereocenters. The molecule has 0 aliphatic rings. The number of benzene rings is 1. The summed E-state index contributed by atoms with van der Waals surface area (Å²) in [7, 11) is 0. The number of carbonyl (C=O) groups excluding carboxylic acids is 1. The van der Waals surface area contributed by atoms with Crippen LogP contribution in [0.25, 0.3) is 10.9 Å². The van der Waals surface area contributed by atoms with Gasteiger partial charge in [-0.25, -0.2) is 9.18 Å². The first-order valence-corrected chi connectivity index (χ1v) is 6.01. The zero-order valence-corrected chi connectivity index (χ0v) is 11.0. The Morgan fingerprint density at radius 2 is 2.17 bits per heavy atom. The molecule has 1 heterocycles. The fourth-order valence-electron chi connectivity index (χ4n) is 1.56. The SMILES string of the molecule is CCOC(=O)c1cc2cc(Br)c(F)cc2[nH]c1=O. The standard InChI is InChI=1S/C12H9BrFNO3/c1-2-18-12(17)7-3-6-4-8(13)9(14)5-10(6)15-11(7)16/h3-5H,2H2,1H3,(H,15,16). The first-order chi connectivity index (χ1) is 8.52. The summed E-state index contributed by atoms with van der Waals surface area (Å²) in [6.45, 7) is 1.84. The number of ether oxygens (including phenoxy) is 1. The van der Waals surface area contributed by atoms with Gasteiger partial charge in [-0.1, -0.05) is 0 Å². The number of pyridine rings is 1. The highest BCUT2D eigenvalue weighted by atomic mass is 79.9. The van der Waals surface area contributed by atoms with E-state index in [4.69, 9.17) is 4.74 Å². The molecule has 0 aliphatic heterocycles. The molecule has 0 saturated heterocycles. The number of hydrogen-bond acceptors (Lipinski definition) is 3. The van der Waals surface area contributed by atoms with E-state index >= 15 is 0 Å². The van der Waals surface area contributed by atoms with Crippen molar-refractivity contribution in [3.8, 4) is 0 Å². The predicted octanol–water partition coefficient (Wildman–Crippen LogP) is 2.61. The average Bonchev–Trinajstić information content (AvgIpc) is 2.31. The first kappa shape index (κ1) is 12.8. The van der Waals surface area contributed by atoms with E-state index in [1.807, 2.05) is 0 Å². The number of aromatic amines is 1. The molecule has 0 amide bonds. The smallest absolute Gasteiger partial charge is 0.343 e. The van der Waals surface area contributed by atoms with Gasteiger partial charge in [-0.3, -0.25) is 4.79 Å². The van der Waals surface area contributed by atoms with Gasteiger partial charge < -0.3 is 9.72 Å². The predicted molar refractivity (Wildman–Crippen MR) is 68.2 cm³/mol. The Kier molecular flexibility index (Phi) is 3.47. The van der Waals surface area contributed by atoms with Crippen molar-refractivity contribution in [1.29, 1.82) is 0 Å². The second-order valence-corrected chi connectivity index (χ2v) is 4.44. The number of carbonyl (C=O) groups is 1. The van der Waals surface area contributed by atoms with Crippen molar-refractivity contribution in [3.05, 3.63) is 44.4 Å². The monoisotopic (exact) mass is 313 g/mol. The topological polar surface area (TPSA) is 59.2 Å². The highest BCUT2D eigenvalue weighted by Gasteiger charge is 2.13. The number of H-pyrrole nitrogens is 1. The molecular formula is C12H9BrFNO3. The Bertz CT molecular complexity index is 681. The molecule has 2 rings (SSSR count). The van der Waals surface area contributed by atoms with Crippen molar-refractivity contribution in [2.24, 2.45) is 0 Å². The third kappa shape index (κ3) is 2.28. The maximum Gasteiger partial charge on any atom is 0.343 e. The zero-order chi connectivity index (χ0) is 13.3. The highest BCUT2D eigenvalue weighted by Crippen LogP contribution is 2.21. The largest absolute Gasteiger partial charge is 0.462 e. The molecule has 18 heavy (non-hydrogen) atoms. The Morgan fingerprint density at radius 3 is 2.83 bits per heavy atom. The lowest BCUT2D eigenvalue weighted by molar-refractivity contribution is 0.0524. The molecule has 0 fully saturated rings. The van der Waals surface area contributed by atoms with Crippen LogP contribution in [0.2, 0.25) is 0 Å². The van der Waals surface area contributed by atoms with Crippen LogP contribution in [0.1, 0.15) is 17.3 Å². The van der Waals surface area contributed by atoms with Crippen LogP contribution in [0.15, 0.2) is 27.5 Å². The summed E-state index contributed by atoms with van der Waals surface area (Å²) in [6, 6.07) is 4.06. The van der Waals surface area contributed by atoms with Gasteiger partial charge in [0.2, 0.25) is 0 Å². The number of hydrogen-bond donors (Lipinski definition) is 1. The van der Waals surface area contributed by atoms with E-state index in [0.717, 1.165) is 0 Å². The molecule has 1 aromatic carbocycles. The van der Waals surface area contributed by atoms with E-state index in [1.54, 1.807) is 6.92 Å². The van der Waals surface area contributed by atoms with Crippen molar-refractivity contribution in [2.45, 2.75) is 6.92 Å². The van der Waals surface area contributed by atoms with Crippen LogP contribution < -0.4 is 5.56 Å². The molecule has 1 N–H and O–H groups in total. The third-order valence-corrected chi connectivity index (χ3v) is 2.99. The third-order valence-electron chi connectivity index (χ3n) is 2.38. The second-order valence-electron chi connectivity index (χ2n) is 3.59. The Morgan fingerprint density at radius 1 is 1.44 bits per heavy atom. The molecular weight excluding hydrogens is 305 g/mol. The number of nitrogens with one attached hydrogen (secondary N) is 1.